The molecule has 0 aliphatic heterocycles. The van der Waals surface area contributed by atoms with Crippen LogP contribution in [-0.4, -0.2) is 29.7 Å². The van der Waals surface area contributed by atoms with Gasteiger partial charge in [-0.3, -0.25) is 4.79 Å². The van der Waals surface area contributed by atoms with E-state index in [2.05, 4.69) is 4.98 Å². The summed E-state index contributed by atoms with van der Waals surface area (Å²) in [6.45, 7) is 0.820. The second kappa shape index (κ2) is 10.2. The maximum absolute atomic E-state index is 13.0. The van der Waals surface area contributed by atoms with Crippen LogP contribution in [0.2, 0.25) is 10.0 Å². The summed E-state index contributed by atoms with van der Waals surface area (Å²) in [7, 11) is 1.55. The van der Waals surface area contributed by atoms with Gasteiger partial charge in [0.15, 0.2) is 16.5 Å². The lowest BCUT2D eigenvalue weighted by Crippen LogP contribution is -2.22. The van der Waals surface area contributed by atoms with Gasteiger partial charge in [0.05, 0.1) is 45.9 Å². The van der Waals surface area contributed by atoms with Gasteiger partial charge in [0, 0.05) is 6.42 Å². The van der Waals surface area contributed by atoms with Crippen molar-refractivity contribution in [3.8, 4) is 17.2 Å². The van der Waals surface area contributed by atoms with Crippen LogP contribution in [0.5, 0.6) is 17.2 Å². The van der Waals surface area contributed by atoms with Gasteiger partial charge in [-0.1, -0.05) is 58.8 Å². The number of nitrogens with zero attached hydrogens (tertiary/aromatic N) is 2. The molecule has 0 radical (unpaired) electrons. The van der Waals surface area contributed by atoms with E-state index in [9.17, 15) is 4.79 Å². The lowest BCUT2D eigenvalue weighted by Gasteiger charge is -2.14. The van der Waals surface area contributed by atoms with E-state index in [0.29, 0.717) is 56.4 Å². The number of aromatic nitrogens is 2. The maximum Gasteiger partial charge on any atom is 0.274 e. The van der Waals surface area contributed by atoms with E-state index in [-0.39, 0.29) is 5.56 Å². The molecule has 178 valence electrons. The first kappa shape index (κ1) is 23.5. The number of hydrogen-bond donors (Lipinski definition) is 0. The Morgan fingerprint density at radius 3 is 2.57 bits per heavy atom. The lowest BCUT2D eigenvalue weighted by molar-refractivity contribution is 0.240. The topological polar surface area (TPSA) is 62.1 Å². The molecule has 6 nitrogen and oxygen atoms in total. The fourth-order valence-corrected chi connectivity index (χ4v) is 5.15. The van der Waals surface area contributed by atoms with E-state index in [1.807, 2.05) is 42.5 Å². The Morgan fingerprint density at radius 1 is 0.971 bits per heavy atom. The molecule has 5 aromatic rings. The molecule has 0 aliphatic carbocycles. The van der Waals surface area contributed by atoms with Crippen LogP contribution in [0.15, 0.2) is 65.5 Å². The highest BCUT2D eigenvalue weighted by atomic mass is 35.5. The maximum atomic E-state index is 13.0. The summed E-state index contributed by atoms with van der Waals surface area (Å²) in [5.74, 6) is 1.56. The van der Waals surface area contributed by atoms with Crippen molar-refractivity contribution in [3.05, 3.63) is 91.2 Å². The number of ether oxygens (including phenoxy) is 3. The van der Waals surface area contributed by atoms with Crippen LogP contribution in [0.1, 0.15) is 12.0 Å². The Bertz CT molecular complexity index is 1630. The van der Waals surface area contributed by atoms with Crippen molar-refractivity contribution in [2.24, 2.45) is 0 Å². The number of thiazole rings is 1. The standard InChI is InChI=1S/C26H20Cl2N2O4S/c1-32-22-14-16(15-23-25(31)30-20-9-4-3-8-19(20)29-26(30)35-23)13-18(28)24(22)34-12-6-11-33-21-10-5-2-7-17(21)27/h2-5,7-10,13-15H,6,11-12H2,1H3/b23-15-. The molecule has 0 unspecified atom stereocenters. The molecule has 0 N–H and O–H groups in total. The molecule has 3 aromatic carbocycles. The highest BCUT2D eigenvalue weighted by molar-refractivity contribution is 7.15. The number of methoxy groups -OCH3 is 1. The van der Waals surface area contributed by atoms with Crippen molar-refractivity contribution in [1.29, 1.82) is 0 Å². The first-order chi connectivity index (χ1) is 17.0. The number of para-hydroxylation sites is 3. The van der Waals surface area contributed by atoms with Crippen molar-refractivity contribution in [1.82, 2.24) is 9.38 Å². The van der Waals surface area contributed by atoms with Gasteiger partial charge >= 0.3 is 0 Å². The summed E-state index contributed by atoms with van der Waals surface area (Å²) >= 11 is 14.0. The minimum Gasteiger partial charge on any atom is -0.493 e. The van der Waals surface area contributed by atoms with Crippen LogP contribution in [-0.2, 0) is 0 Å². The van der Waals surface area contributed by atoms with Crippen LogP contribution >= 0.6 is 34.5 Å². The van der Waals surface area contributed by atoms with Crippen molar-refractivity contribution >= 4 is 56.6 Å². The molecule has 2 heterocycles. The number of benzene rings is 3. The quantitative estimate of drug-likeness (QED) is 0.245. The molecule has 9 heteroatoms. The van der Waals surface area contributed by atoms with Gasteiger partial charge in [0.2, 0.25) is 0 Å². The Kier molecular flexibility index (Phi) is 6.81. The highest BCUT2D eigenvalue weighted by Gasteiger charge is 2.14. The van der Waals surface area contributed by atoms with E-state index in [1.165, 1.54) is 11.3 Å². The molecule has 2 aromatic heterocycles. The normalized spacial score (nSPS) is 11.9. The third kappa shape index (κ3) is 4.80. The Balaban J connectivity index is 1.33. The second-order valence-corrected chi connectivity index (χ2v) is 9.47. The number of halogens is 2. The predicted octanol–water partition coefficient (Wildman–Crippen LogP) is 5.62. The number of rotatable bonds is 8. The van der Waals surface area contributed by atoms with Gasteiger partial charge in [0.25, 0.3) is 5.56 Å². The fourth-order valence-electron chi connectivity index (χ4n) is 3.70. The molecule has 0 atom stereocenters. The van der Waals surface area contributed by atoms with Crippen molar-refractivity contribution in [2.75, 3.05) is 20.3 Å². The van der Waals surface area contributed by atoms with Crippen molar-refractivity contribution in [2.45, 2.75) is 6.42 Å². The Labute approximate surface area is 214 Å². The third-order valence-electron chi connectivity index (χ3n) is 5.32. The second-order valence-electron chi connectivity index (χ2n) is 7.65. The monoisotopic (exact) mass is 526 g/mol. The van der Waals surface area contributed by atoms with E-state index < -0.39 is 0 Å². The summed E-state index contributed by atoms with van der Waals surface area (Å²) in [5, 5.41) is 0.959. The predicted molar refractivity (Wildman–Crippen MR) is 141 cm³/mol. The van der Waals surface area contributed by atoms with Gasteiger partial charge in [-0.15, -0.1) is 0 Å². The smallest absolute Gasteiger partial charge is 0.274 e. The van der Waals surface area contributed by atoms with Crippen molar-refractivity contribution < 1.29 is 14.2 Å². The molecule has 0 saturated heterocycles. The molecular formula is C26H20Cl2N2O4S. The minimum atomic E-state index is -0.118. The zero-order valence-electron chi connectivity index (χ0n) is 18.7. The summed E-state index contributed by atoms with van der Waals surface area (Å²) < 4.78 is 19.3. The zero-order valence-corrected chi connectivity index (χ0v) is 21.0. The van der Waals surface area contributed by atoms with Gasteiger partial charge in [-0.25, -0.2) is 9.38 Å². The van der Waals surface area contributed by atoms with Gasteiger partial charge < -0.3 is 14.2 Å². The molecule has 0 bridgehead atoms. The van der Waals surface area contributed by atoms with Crippen LogP contribution in [0.3, 0.4) is 0 Å². The average molecular weight is 527 g/mol. The summed E-state index contributed by atoms with van der Waals surface area (Å²) in [5.41, 5.74) is 2.20. The zero-order chi connectivity index (χ0) is 24.4. The minimum absolute atomic E-state index is 0.118. The lowest BCUT2D eigenvalue weighted by atomic mass is 10.2. The first-order valence-electron chi connectivity index (χ1n) is 10.8. The first-order valence-corrected chi connectivity index (χ1v) is 12.4. The SMILES string of the molecule is COc1cc(/C=c2\sc3nc4ccccc4n3c2=O)cc(Cl)c1OCCCOc1ccccc1Cl. The molecule has 0 spiro atoms. The van der Waals surface area contributed by atoms with Crippen LogP contribution in [0.25, 0.3) is 22.1 Å². The van der Waals surface area contributed by atoms with Gasteiger partial charge in [-0.05, 0) is 48.0 Å². The number of hydrogen-bond acceptors (Lipinski definition) is 6. The van der Waals surface area contributed by atoms with E-state index in [0.717, 1.165) is 16.6 Å². The van der Waals surface area contributed by atoms with Gasteiger partial charge in [0.1, 0.15) is 5.75 Å². The molecule has 0 fully saturated rings. The van der Waals surface area contributed by atoms with E-state index in [1.54, 1.807) is 35.8 Å². The Morgan fingerprint density at radius 2 is 1.74 bits per heavy atom. The number of fused-ring (bicyclic) bond motifs is 3. The van der Waals surface area contributed by atoms with E-state index >= 15 is 0 Å². The molecule has 0 aliphatic rings. The summed E-state index contributed by atoms with van der Waals surface area (Å²) in [4.78, 5) is 18.2. The average Bonchev–Trinajstić information content (AvgIpc) is 3.36. The van der Waals surface area contributed by atoms with Crippen LogP contribution < -0.4 is 24.3 Å². The Hall–Kier alpha value is -3.26. The molecule has 5 rings (SSSR count). The largest absolute Gasteiger partial charge is 0.493 e. The van der Waals surface area contributed by atoms with Crippen LogP contribution in [0, 0.1) is 0 Å². The molecular weight excluding hydrogens is 507 g/mol. The highest BCUT2D eigenvalue weighted by Crippen LogP contribution is 2.36. The van der Waals surface area contributed by atoms with Crippen LogP contribution in [0.4, 0.5) is 0 Å². The van der Waals surface area contributed by atoms with Crippen molar-refractivity contribution in [3.63, 3.8) is 0 Å². The molecule has 35 heavy (non-hydrogen) atoms. The molecule has 0 amide bonds. The third-order valence-corrected chi connectivity index (χ3v) is 6.89. The van der Waals surface area contributed by atoms with E-state index in [4.69, 9.17) is 37.4 Å². The number of imidazole rings is 1. The van der Waals surface area contributed by atoms with Gasteiger partial charge in [-0.2, -0.15) is 0 Å². The molecule has 0 saturated carbocycles. The summed E-state index contributed by atoms with van der Waals surface area (Å²) in [6.07, 6.45) is 2.41. The fraction of sp³-hybridized carbons (Fsp3) is 0.154. The summed E-state index contributed by atoms with van der Waals surface area (Å²) in [6, 6.07) is 18.4.